The van der Waals surface area contributed by atoms with Crippen LogP contribution in [-0.2, 0) is 6.18 Å². The van der Waals surface area contributed by atoms with Crippen molar-refractivity contribution in [3.8, 4) is 0 Å². The molecule has 2 heterocycles. The standard InChI is InChI=1S/C19H21F3N6/c20-19(21,22)12-3-7-14(8-4-12)26-16-15(11-1-5-13(23)6-2-11)17(24)27-28-10-9-25-18(16)28/h3-4,7-11,13,26H,1-2,5-6,23H2,(H2,24,27)/t11-,13-. The maximum absolute atomic E-state index is 12.8. The molecule has 0 unspecified atom stereocenters. The van der Waals surface area contributed by atoms with E-state index in [1.165, 1.54) is 12.1 Å². The van der Waals surface area contributed by atoms with E-state index >= 15 is 0 Å². The molecule has 3 aromatic rings. The van der Waals surface area contributed by atoms with Gasteiger partial charge in [-0.2, -0.15) is 13.2 Å². The predicted octanol–water partition coefficient (Wildman–Crippen LogP) is 4.06. The predicted molar refractivity (Wildman–Crippen MR) is 101 cm³/mol. The first kappa shape index (κ1) is 18.5. The highest BCUT2D eigenvalue weighted by Gasteiger charge is 2.30. The molecule has 0 atom stereocenters. The Morgan fingerprint density at radius 2 is 1.75 bits per heavy atom. The Labute approximate surface area is 159 Å². The van der Waals surface area contributed by atoms with Crippen LogP contribution in [0.1, 0.15) is 42.7 Å². The average molecular weight is 390 g/mol. The van der Waals surface area contributed by atoms with Crippen molar-refractivity contribution in [3.63, 3.8) is 0 Å². The number of alkyl halides is 3. The fourth-order valence-corrected chi connectivity index (χ4v) is 3.81. The first-order valence-corrected chi connectivity index (χ1v) is 9.15. The van der Waals surface area contributed by atoms with Gasteiger partial charge in [0.2, 0.25) is 0 Å². The molecular formula is C19H21F3N6. The lowest BCUT2D eigenvalue weighted by atomic mass is 9.81. The molecule has 6 nitrogen and oxygen atoms in total. The van der Waals surface area contributed by atoms with Crippen molar-refractivity contribution in [1.82, 2.24) is 14.6 Å². The van der Waals surface area contributed by atoms with E-state index in [-0.39, 0.29) is 12.0 Å². The Bertz CT molecular complexity index is 972. The van der Waals surface area contributed by atoms with E-state index < -0.39 is 11.7 Å². The summed E-state index contributed by atoms with van der Waals surface area (Å²) >= 11 is 0. The van der Waals surface area contributed by atoms with E-state index in [1.54, 1.807) is 16.9 Å². The number of anilines is 3. The number of nitrogens with two attached hydrogens (primary N) is 2. The Hall–Kier alpha value is -2.81. The van der Waals surface area contributed by atoms with Gasteiger partial charge in [-0.25, -0.2) is 9.50 Å². The van der Waals surface area contributed by atoms with Crippen LogP contribution < -0.4 is 16.8 Å². The van der Waals surface area contributed by atoms with Gasteiger partial charge in [0, 0.05) is 29.7 Å². The second kappa shape index (κ2) is 6.97. The van der Waals surface area contributed by atoms with Crippen LogP contribution in [0.5, 0.6) is 0 Å². The molecule has 0 spiro atoms. The smallest absolute Gasteiger partial charge is 0.382 e. The molecule has 0 aliphatic heterocycles. The summed E-state index contributed by atoms with van der Waals surface area (Å²) in [6.45, 7) is 0. The van der Waals surface area contributed by atoms with Crippen LogP contribution in [-0.4, -0.2) is 20.6 Å². The molecule has 0 amide bonds. The van der Waals surface area contributed by atoms with Crippen molar-refractivity contribution in [2.75, 3.05) is 11.1 Å². The van der Waals surface area contributed by atoms with Gasteiger partial charge in [0.1, 0.15) is 5.82 Å². The maximum atomic E-state index is 12.8. The topological polar surface area (TPSA) is 94.3 Å². The lowest BCUT2D eigenvalue weighted by molar-refractivity contribution is -0.137. The number of nitrogens with one attached hydrogen (secondary N) is 1. The molecule has 1 aromatic carbocycles. The van der Waals surface area contributed by atoms with Gasteiger partial charge in [-0.3, -0.25) is 0 Å². The SMILES string of the molecule is Nc1nn2ccnc2c(Nc2ccc(C(F)(F)F)cc2)c1[C@H]1CC[C@H](N)CC1. The van der Waals surface area contributed by atoms with E-state index in [2.05, 4.69) is 15.4 Å². The monoisotopic (exact) mass is 390 g/mol. The summed E-state index contributed by atoms with van der Waals surface area (Å²) in [4.78, 5) is 4.36. The third-order valence-corrected chi connectivity index (χ3v) is 5.27. The quantitative estimate of drug-likeness (QED) is 0.627. The van der Waals surface area contributed by atoms with Gasteiger partial charge in [0.15, 0.2) is 5.65 Å². The minimum absolute atomic E-state index is 0.172. The Morgan fingerprint density at radius 3 is 2.39 bits per heavy atom. The third kappa shape index (κ3) is 3.49. The van der Waals surface area contributed by atoms with E-state index in [9.17, 15) is 13.2 Å². The second-order valence-corrected chi connectivity index (χ2v) is 7.18. The molecule has 148 valence electrons. The number of hydrogen-bond donors (Lipinski definition) is 3. The molecule has 9 heteroatoms. The molecule has 1 aliphatic carbocycles. The van der Waals surface area contributed by atoms with Crippen LogP contribution in [0.25, 0.3) is 5.65 Å². The molecule has 2 aromatic heterocycles. The number of benzene rings is 1. The molecular weight excluding hydrogens is 369 g/mol. The number of fused-ring (bicyclic) bond motifs is 1. The highest BCUT2D eigenvalue weighted by molar-refractivity contribution is 5.80. The van der Waals surface area contributed by atoms with Crippen LogP contribution in [0.15, 0.2) is 36.7 Å². The second-order valence-electron chi connectivity index (χ2n) is 7.18. The Kier molecular flexibility index (Phi) is 4.62. The molecule has 0 saturated heterocycles. The van der Waals surface area contributed by atoms with Crippen molar-refractivity contribution in [2.24, 2.45) is 5.73 Å². The lowest BCUT2D eigenvalue weighted by Gasteiger charge is -2.28. The summed E-state index contributed by atoms with van der Waals surface area (Å²) in [6, 6.07) is 5.09. The van der Waals surface area contributed by atoms with Gasteiger partial charge in [0.25, 0.3) is 0 Å². The Morgan fingerprint density at radius 1 is 1.07 bits per heavy atom. The zero-order chi connectivity index (χ0) is 19.9. The Balaban J connectivity index is 1.74. The molecule has 0 radical (unpaired) electrons. The fraction of sp³-hybridized carbons (Fsp3) is 0.368. The van der Waals surface area contributed by atoms with Gasteiger partial charge in [-0.15, -0.1) is 5.10 Å². The summed E-state index contributed by atoms with van der Waals surface area (Å²) < 4.78 is 40.1. The minimum atomic E-state index is -4.37. The lowest BCUT2D eigenvalue weighted by Crippen LogP contribution is -2.26. The number of rotatable bonds is 3. The fourth-order valence-electron chi connectivity index (χ4n) is 3.81. The van der Waals surface area contributed by atoms with Crippen molar-refractivity contribution < 1.29 is 13.2 Å². The summed E-state index contributed by atoms with van der Waals surface area (Å²) in [6.07, 6.45) is 2.47. The first-order chi connectivity index (χ1) is 13.3. The molecule has 0 bridgehead atoms. The number of hydrogen-bond acceptors (Lipinski definition) is 5. The van der Waals surface area contributed by atoms with Crippen molar-refractivity contribution in [2.45, 2.75) is 43.8 Å². The van der Waals surface area contributed by atoms with Crippen molar-refractivity contribution >= 4 is 22.8 Å². The number of imidazole rings is 1. The van der Waals surface area contributed by atoms with Gasteiger partial charge >= 0.3 is 6.18 Å². The molecule has 28 heavy (non-hydrogen) atoms. The molecule has 1 fully saturated rings. The zero-order valence-electron chi connectivity index (χ0n) is 15.1. The van der Waals surface area contributed by atoms with Crippen LogP contribution in [0, 0.1) is 0 Å². The number of nitrogen functional groups attached to an aromatic ring is 1. The highest BCUT2D eigenvalue weighted by Crippen LogP contribution is 2.41. The van der Waals surface area contributed by atoms with E-state index in [1.807, 2.05) is 0 Å². The van der Waals surface area contributed by atoms with Crippen LogP contribution in [0.2, 0.25) is 0 Å². The molecule has 1 saturated carbocycles. The van der Waals surface area contributed by atoms with Crippen molar-refractivity contribution in [3.05, 3.63) is 47.8 Å². The highest BCUT2D eigenvalue weighted by atomic mass is 19.4. The van der Waals surface area contributed by atoms with E-state index in [4.69, 9.17) is 11.5 Å². The number of nitrogens with zero attached hydrogens (tertiary/aromatic N) is 3. The van der Waals surface area contributed by atoms with Crippen molar-refractivity contribution in [1.29, 1.82) is 0 Å². The summed E-state index contributed by atoms with van der Waals surface area (Å²) in [5, 5.41) is 7.62. The maximum Gasteiger partial charge on any atom is 0.416 e. The molecule has 5 N–H and O–H groups in total. The summed E-state index contributed by atoms with van der Waals surface area (Å²) in [5.41, 5.74) is 14.2. The molecule has 1 aliphatic rings. The van der Waals surface area contributed by atoms with Gasteiger partial charge in [0.05, 0.1) is 11.3 Å². The number of halogens is 3. The minimum Gasteiger partial charge on any atom is -0.382 e. The third-order valence-electron chi connectivity index (χ3n) is 5.27. The van der Waals surface area contributed by atoms with Crippen LogP contribution >= 0.6 is 0 Å². The van der Waals surface area contributed by atoms with E-state index in [0.29, 0.717) is 22.8 Å². The first-order valence-electron chi connectivity index (χ1n) is 9.15. The largest absolute Gasteiger partial charge is 0.416 e. The van der Waals surface area contributed by atoms with Gasteiger partial charge in [-0.05, 0) is 55.9 Å². The van der Waals surface area contributed by atoms with Crippen LogP contribution in [0.4, 0.5) is 30.4 Å². The van der Waals surface area contributed by atoms with Gasteiger partial charge < -0.3 is 16.8 Å². The normalized spacial score (nSPS) is 20.4. The van der Waals surface area contributed by atoms with E-state index in [0.717, 1.165) is 43.4 Å². The zero-order valence-corrected chi connectivity index (χ0v) is 15.1. The number of aromatic nitrogens is 3. The summed E-state index contributed by atoms with van der Waals surface area (Å²) in [5.74, 6) is 0.561. The summed E-state index contributed by atoms with van der Waals surface area (Å²) in [7, 11) is 0. The molecule has 4 rings (SSSR count). The van der Waals surface area contributed by atoms with Gasteiger partial charge in [-0.1, -0.05) is 0 Å². The van der Waals surface area contributed by atoms with Crippen LogP contribution in [0.3, 0.4) is 0 Å². The average Bonchev–Trinajstić information content (AvgIpc) is 3.11.